The van der Waals surface area contributed by atoms with Gasteiger partial charge in [0, 0.05) is 19.6 Å². The maximum Gasteiger partial charge on any atom is 0.242 e. The predicted molar refractivity (Wildman–Crippen MR) is 64.2 cm³/mol. The summed E-state index contributed by atoms with van der Waals surface area (Å²) in [4.78, 5) is 27.3. The van der Waals surface area contributed by atoms with Crippen LogP contribution in [-0.2, 0) is 9.59 Å². The van der Waals surface area contributed by atoms with Crippen LogP contribution < -0.4 is 5.73 Å². The molecule has 2 saturated heterocycles. The van der Waals surface area contributed by atoms with Gasteiger partial charge in [-0.05, 0) is 32.1 Å². The molecule has 0 aromatic rings. The molecule has 5 nitrogen and oxygen atoms in total. The molecule has 1 atom stereocenters. The lowest BCUT2D eigenvalue weighted by Crippen LogP contribution is -2.52. The van der Waals surface area contributed by atoms with Crippen molar-refractivity contribution < 1.29 is 9.59 Å². The number of rotatable bonds is 2. The number of piperidine rings is 2. The number of carbonyl (C=O) groups excluding carboxylic acids is 2. The van der Waals surface area contributed by atoms with Crippen molar-refractivity contribution in [2.75, 3.05) is 26.2 Å². The van der Waals surface area contributed by atoms with Crippen LogP contribution in [0.1, 0.15) is 32.1 Å². The van der Waals surface area contributed by atoms with Gasteiger partial charge in [-0.25, -0.2) is 0 Å². The lowest BCUT2D eigenvalue weighted by atomic mass is 10.1. The molecule has 0 bridgehead atoms. The van der Waals surface area contributed by atoms with Gasteiger partial charge in [0.25, 0.3) is 0 Å². The number of hydrogen-bond acceptors (Lipinski definition) is 3. The maximum atomic E-state index is 12.0. The summed E-state index contributed by atoms with van der Waals surface area (Å²) >= 11 is 0. The molecule has 0 unspecified atom stereocenters. The molecule has 2 aliphatic rings. The van der Waals surface area contributed by atoms with Crippen molar-refractivity contribution >= 4 is 11.8 Å². The molecular weight excluding hydrogens is 218 g/mol. The van der Waals surface area contributed by atoms with E-state index in [1.54, 1.807) is 4.90 Å². The molecule has 2 amide bonds. The van der Waals surface area contributed by atoms with Crippen LogP contribution in [0.15, 0.2) is 0 Å². The molecule has 5 heteroatoms. The van der Waals surface area contributed by atoms with E-state index in [1.165, 1.54) is 6.42 Å². The van der Waals surface area contributed by atoms with Crippen LogP contribution in [0, 0.1) is 0 Å². The molecule has 0 aromatic heterocycles. The Morgan fingerprint density at radius 1 is 1.18 bits per heavy atom. The summed E-state index contributed by atoms with van der Waals surface area (Å²) in [7, 11) is 0. The summed E-state index contributed by atoms with van der Waals surface area (Å²) in [6, 6.07) is -0.405. The van der Waals surface area contributed by atoms with Crippen LogP contribution in [0.25, 0.3) is 0 Å². The molecule has 2 aliphatic heterocycles. The van der Waals surface area contributed by atoms with Crippen LogP contribution in [0.5, 0.6) is 0 Å². The molecule has 0 saturated carbocycles. The summed E-state index contributed by atoms with van der Waals surface area (Å²) < 4.78 is 0. The molecule has 2 N–H and O–H groups in total. The smallest absolute Gasteiger partial charge is 0.242 e. The first kappa shape index (κ1) is 12.4. The van der Waals surface area contributed by atoms with Gasteiger partial charge in [-0.3, -0.25) is 9.59 Å². The Balaban J connectivity index is 1.86. The van der Waals surface area contributed by atoms with E-state index in [4.69, 9.17) is 5.73 Å². The van der Waals surface area contributed by atoms with Gasteiger partial charge in [0.15, 0.2) is 0 Å². The Labute approximate surface area is 102 Å². The van der Waals surface area contributed by atoms with Crippen molar-refractivity contribution in [3.05, 3.63) is 0 Å². The van der Waals surface area contributed by atoms with E-state index in [0.29, 0.717) is 6.54 Å². The highest BCUT2D eigenvalue weighted by atomic mass is 16.2. The fourth-order valence-electron chi connectivity index (χ4n) is 2.53. The molecule has 0 spiro atoms. The van der Waals surface area contributed by atoms with Gasteiger partial charge in [-0.2, -0.15) is 0 Å². The van der Waals surface area contributed by atoms with E-state index in [1.807, 2.05) is 4.90 Å². The Morgan fingerprint density at radius 2 is 1.88 bits per heavy atom. The monoisotopic (exact) mass is 239 g/mol. The average Bonchev–Trinajstić information content (AvgIpc) is 2.36. The van der Waals surface area contributed by atoms with E-state index in [-0.39, 0.29) is 18.4 Å². The van der Waals surface area contributed by atoms with Crippen molar-refractivity contribution in [3.63, 3.8) is 0 Å². The highest BCUT2D eigenvalue weighted by Crippen LogP contribution is 2.12. The van der Waals surface area contributed by atoms with Crippen LogP contribution >= 0.6 is 0 Å². The number of carbonyl (C=O) groups is 2. The Morgan fingerprint density at radius 3 is 2.59 bits per heavy atom. The molecule has 0 aromatic carbocycles. The van der Waals surface area contributed by atoms with Gasteiger partial charge in [-0.15, -0.1) is 0 Å². The molecule has 2 heterocycles. The highest BCUT2D eigenvalue weighted by Gasteiger charge is 2.28. The number of likely N-dealkylation sites (tertiary alicyclic amines) is 2. The summed E-state index contributed by atoms with van der Waals surface area (Å²) in [5, 5.41) is 0. The standard InChI is InChI=1S/C12H21N3O2/c13-10-5-4-8-15(12(10)17)9-11(16)14-6-2-1-3-7-14/h10H,1-9,13H2/t10-/m0/s1. The topological polar surface area (TPSA) is 66.6 Å². The Bertz CT molecular complexity index is 300. The first-order chi connectivity index (χ1) is 8.18. The third-order valence-electron chi connectivity index (χ3n) is 3.61. The minimum absolute atomic E-state index is 0.0680. The number of nitrogens with two attached hydrogens (primary N) is 1. The minimum Gasteiger partial charge on any atom is -0.341 e. The normalized spacial score (nSPS) is 26.2. The minimum atomic E-state index is -0.405. The fraction of sp³-hybridized carbons (Fsp3) is 0.833. The number of amides is 2. The maximum absolute atomic E-state index is 12.0. The molecule has 2 fully saturated rings. The second-order valence-corrected chi connectivity index (χ2v) is 4.95. The fourth-order valence-corrected chi connectivity index (χ4v) is 2.53. The van der Waals surface area contributed by atoms with Crippen molar-refractivity contribution in [1.82, 2.24) is 9.80 Å². The summed E-state index contributed by atoms with van der Waals surface area (Å²) in [6.07, 6.45) is 5.02. The van der Waals surface area contributed by atoms with Crippen LogP contribution in [0.3, 0.4) is 0 Å². The van der Waals surface area contributed by atoms with Crippen molar-refractivity contribution in [3.8, 4) is 0 Å². The molecule has 0 aliphatic carbocycles. The summed E-state index contributed by atoms with van der Waals surface area (Å²) in [6.45, 7) is 2.57. The SMILES string of the molecule is N[C@H]1CCCN(CC(=O)N2CCCCC2)C1=O. The lowest BCUT2D eigenvalue weighted by Gasteiger charge is -2.33. The molecule has 2 rings (SSSR count). The quantitative estimate of drug-likeness (QED) is 0.734. The molecular formula is C12H21N3O2. The zero-order valence-corrected chi connectivity index (χ0v) is 10.2. The van der Waals surface area contributed by atoms with Gasteiger partial charge in [0.1, 0.15) is 0 Å². The number of hydrogen-bond donors (Lipinski definition) is 1. The first-order valence-electron chi connectivity index (χ1n) is 6.50. The second kappa shape index (κ2) is 5.49. The van der Waals surface area contributed by atoms with Crippen LogP contribution in [-0.4, -0.2) is 53.8 Å². The van der Waals surface area contributed by atoms with Crippen LogP contribution in [0.4, 0.5) is 0 Å². The van der Waals surface area contributed by atoms with Gasteiger partial charge in [0.05, 0.1) is 12.6 Å². The first-order valence-corrected chi connectivity index (χ1v) is 6.50. The zero-order valence-electron chi connectivity index (χ0n) is 10.2. The number of nitrogens with zero attached hydrogens (tertiary/aromatic N) is 2. The average molecular weight is 239 g/mol. The van der Waals surface area contributed by atoms with Gasteiger partial charge >= 0.3 is 0 Å². The van der Waals surface area contributed by atoms with Crippen molar-refractivity contribution in [2.45, 2.75) is 38.1 Å². The third-order valence-corrected chi connectivity index (χ3v) is 3.61. The molecule has 17 heavy (non-hydrogen) atoms. The van der Waals surface area contributed by atoms with Gasteiger partial charge in [0.2, 0.25) is 11.8 Å². The van der Waals surface area contributed by atoms with E-state index in [0.717, 1.165) is 38.8 Å². The third kappa shape index (κ3) is 2.97. The molecule has 96 valence electrons. The highest BCUT2D eigenvalue weighted by molar-refractivity contribution is 5.87. The van der Waals surface area contributed by atoms with Gasteiger partial charge < -0.3 is 15.5 Å². The Hall–Kier alpha value is -1.10. The largest absolute Gasteiger partial charge is 0.341 e. The van der Waals surface area contributed by atoms with E-state index >= 15 is 0 Å². The van der Waals surface area contributed by atoms with E-state index < -0.39 is 6.04 Å². The van der Waals surface area contributed by atoms with Gasteiger partial charge in [-0.1, -0.05) is 0 Å². The summed E-state index contributed by atoms with van der Waals surface area (Å²) in [5.74, 6) is 0.00811. The van der Waals surface area contributed by atoms with E-state index in [9.17, 15) is 9.59 Å². The summed E-state index contributed by atoms with van der Waals surface area (Å²) in [5.41, 5.74) is 5.71. The molecule has 0 radical (unpaired) electrons. The second-order valence-electron chi connectivity index (χ2n) is 4.95. The van der Waals surface area contributed by atoms with Crippen LogP contribution in [0.2, 0.25) is 0 Å². The lowest BCUT2D eigenvalue weighted by molar-refractivity contribution is -0.143. The Kier molecular flexibility index (Phi) is 3.99. The predicted octanol–water partition coefficient (Wildman–Crippen LogP) is -0.0514. The van der Waals surface area contributed by atoms with Crippen molar-refractivity contribution in [2.24, 2.45) is 5.73 Å². The zero-order chi connectivity index (χ0) is 12.3. The van der Waals surface area contributed by atoms with Crippen molar-refractivity contribution in [1.29, 1.82) is 0 Å². The van der Waals surface area contributed by atoms with E-state index in [2.05, 4.69) is 0 Å².